The van der Waals surface area contributed by atoms with Gasteiger partial charge in [0.15, 0.2) is 5.82 Å². The molecule has 0 bridgehead atoms. The molecule has 2 aromatic rings. The first-order valence-corrected chi connectivity index (χ1v) is 5.68. The Balaban J connectivity index is 0.00000180. The number of carbonyl (C=O) groups excluding carboxylic acids is 1. The van der Waals surface area contributed by atoms with Crippen LogP contribution in [-0.2, 0) is 4.79 Å². The van der Waals surface area contributed by atoms with Crippen LogP contribution in [0.15, 0.2) is 24.3 Å². The molecule has 1 heterocycles. The molecule has 1 amide bonds. The van der Waals surface area contributed by atoms with Crippen molar-refractivity contribution in [1.82, 2.24) is 15.2 Å². The van der Waals surface area contributed by atoms with E-state index in [0.717, 1.165) is 11.4 Å². The van der Waals surface area contributed by atoms with Crippen molar-refractivity contribution >= 4 is 24.0 Å². The van der Waals surface area contributed by atoms with Gasteiger partial charge in [0, 0.05) is 24.2 Å². The van der Waals surface area contributed by atoms with Crippen LogP contribution in [0.5, 0.6) is 0 Å². The SMILES string of the molecule is Cc1nc(-c2cccc(NC(=O)CCN)c2)n[nH]1.Cl. The predicted octanol–water partition coefficient (Wildman–Crippen LogP) is 1.49. The number of rotatable bonds is 4. The van der Waals surface area contributed by atoms with Crippen LogP contribution in [-0.4, -0.2) is 27.6 Å². The minimum absolute atomic E-state index is 0. The van der Waals surface area contributed by atoms with E-state index in [4.69, 9.17) is 5.73 Å². The lowest BCUT2D eigenvalue weighted by Crippen LogP contribution is -2.16. The van der Waals surface area contributed by atoms with Gasteiger partial charge in [-0.3, -0.25) is 9.89 Å². The number of anilines is 1. The summed E-state index contributed by atoms with van der Waals surface area (Å²) in [6.45, 7) is 2.18. The van der Waals surface area contributed by atoms with Gasteiger partial charge in [-0.1, -0.05) is 12.1 Å². The zero-order chi connectivity index (χ0) is 13.0. The monoisotopic (exact) mass is 281 g/mol. The Labute approximate surface area is 117 Å². The van der Waals surface area contributed by atoms with E-state index in [1.54, 1.807) is 0 Å². The summed E-state index contributed by atoms with van der Waals surface area (Å²) in [4.78, 5) is 15.7. The van der Waals surface area contributed by atoms with E-state index in [-0.39, 0.29) is 18.3 Å². The molecular formula is C12H16ClN5O. The van der Waals surface area contributed by atoms with E-state index >= 15 is 0 Å². The minimum atomic E-state index is -0.0965. The van der Waals surface area contributed by atoms with Gasteiger partial charge in [0.05, 0.1) is 0 Å². The average molecular weight is 282 g/mol. The molecule has 6 nitrogen and oxygen atoms in total. The number of nitrogens with zero attached hydrogens (tertiary/aromatic N) is 2. The van der Waals surface area contributed by atoms with Crippen LogP contribution in [0.4, 0.5) is 5.69 Å². The Kier molecular flexibility index (Phi) is 5.47. The van der Waals surface area contributed by atoms with Crippen LogP contribution in [0.25, 0.3) is 11.4 Å². The topological polar surface area (TPSA) is 96.7 Å². The number of hydrogen-bond donors (Lipinski definition) is 3. The van der Waals surface area contributed by atoms with Crippen molar-refractivity contribution < 1.29 is 4.79 Å². The van der Waals surface area contributed by atoms with Gasteiger partial charge in [-0.15, -0.1) is 12.4 Å². The highest BCUT2D eigenvalue weighted by atomic mass is 35.5. The Morgan fingerprint density at radius 1 is 1.47 bits per heavy atom. The maximum Gasteiger partial charge on any atom is 0.225 e. The van der Waals surface area contributed by atoms with Crippen LogP contribution < -0.4 is 11.1 Å². The molecule has 0 aliphatic heterocycles. The highest BCUT2D eigenvalue weighted by Crippen LogP contribution is 2.19. The first-order chi connectivity index (χ1) is 8.69. The molecular weight excluding hydrogens is 266 g/mol. The molecule has 0 saturated carbocycles. The summed E-state index contributed by atoms with van der Waals surface area (Å²) in [6.07, 6.45) is 0.310. The van der Waals surface area contributed by atoms with Gasteiger partial charge in [0.25, 0.3) is 0 Å². The number of aryl methyl sites for hydroxylation is 1. The molecule has 1 aromatic heterocycles. The third-order valence-electron chi connectivity index (χ3n) is 2.37. The summed E-state index contributed by atoms with van der Waals surface area (Å²) >= 11 is 0. The van der Waals surface area contributed by atoms with Crippen molar-refractivity contribution in [2.45, 2.75) is 13.3 Å². The summed E-state index contributed by atoms with van der Waals surface area (Å²) in [5, 5.41) is 9.63. The number of benzene rings is 1. The lowest BCUT2D eigenvalue weighted by Gasteiger charge is -2.05. The lowest BCUT2D eigenvalue weighted by atomic mass is 10.2. The molecule has 1 aromatic carbocycles. The molecule has 19 heavy (non-hydrogen) atoms. The molecule has 0 atom stereocenters. The number of H-pyrrole nitrogens is 1. The van der Waals surface area contributed by atoms with Crippen LogP contribution in [0.3, 0.4) is 0 Å². The Morgan fingerprint density at radius 2 is 2.26 bits per heavy atom. The Morgan fingerprint density at radius 3 is 2.89 bits per heavy atom. The number of halogens is 1. The molecule has 0 radical (unpaired) electrons. The molecule has 0 aliphatic carbocycles. The van der Waals surface area contributed by atoms with E-state index in [1.807, 2.05) is 31.2 Å². The molecule has 7 heteroatoms. The van der Waals surface area contributed by atoms with Crippen molar-refractivity contribution in [3.05, 3.63) is 30.1 Å². The number of nitrogens with two attached hydrogens (primary N) is 1. The second-order valence-electron chi connectivity index (χ2n) is 3.91. The second-order valence-corrected chi connectivity index (χ2v) is 3.91. The van der Waals surface area contributed by atoms with Crippen molar-refractivity contribution in [2.24, 2.45) is 5.73 Å². The van der Waals surface area contributed by atoms with Gasteiger partial charge >= 0.3 is 0 Å². The van der Waals surface area contributed by atoms with E-state index in [2.05, 4.69) is 20.5 Å². The molecule has 0 fully saturated rings. The molecule has 0 spiro atoms. The predicted molar refractivity (Wildman–Crippen MR) is 76.1 cm³/mol. The van der Waals surface area contributed by atoms with E-state index in [9.17, 15) is 4.79 Å². The van der Waals surface area contributed by atoms with Gasteiger partial charge in [0.2, 0.25) is 5.91 Å². The molecule has 0 saturated heterocycles. The fourth-order valence-electron chi connectivity index (χ4n) is 1.56. The van der Waals surface area contributed by atoms with Crippen LogP contribution >= 0.6 is 12.4 Å². The fourth-order valence-corrected chi connectivity index (χ4v) is 1.56. The number of aromatic amines is 1. The fraction of sp³-hybridized carbons (Fsp3) is 0.250. The first-order valence-electron chi connectivity index (χ1n) is 5.68. The normalized spacial score (nSPS) is 9.79. The van der Waals surface area contributed by atoms with Crippen molar-refractivity contribution in [2.75, 3.05) is 11.9 Å². The minimum Gasteiger partial charge on any atom is -0.330 e. The second kappa shape index (κ2) is 6.86. The zero-order valence-corrected chi connectivity index (χ0v) is 11.3. The molecule has 102 valence electrons. The van der Waals surface area contributed by atoms with Crippen molar-refractivity contribution in [3.63, 3.8) is 0 Å². The maximum atomic E-state index is 11.4. The van der Waals surface area contributed by atoms with Crippen LogP contribution in [0, 0.1) is 6.92 Å². The third-order valence-corrected chi connectivity index (χ3v) is 2.37. The molecule has 4 N–H and O–H groups in total. The van der Waals surface area contributed by atoms with E-state index in [1.165, 1.54) is 0 Å². The lowest BCUT2D eigenvalue weighted by molar-refractivity contribution is -0.116. The number of aromatic nitrogens is 3. The van der Waals surface area contributed by atoms with Gasteiger partial charge in [0.1, 0.15) is 5.82 Å². The maximum absolute atomic E-state index is 11.4. The van der Waals surface area contributed by atoms with Crippen LogP contribution in [0.1, 0.15) is 12.2 Å². The van der Waals surface area contributed by atoms with E-state index in [0.29, 0.717) is 24.5 Å². The Bertz CT molecular complexity index is 555. The highest BCUT2D eigenvalue weighted by molar-refractivity contribution is 5.91. The molecule has 2 rings (SSSR count). The van der Waals surface area contributed by atoms with Crippen LogP contribution in [0.2, 0.25) is 0 Å². The summed E-state index contributed by atoms with van der Waals surface area (Å²) < 4.78 is 0. The standard InChI is InChI=1S/C12H15N5O.ClH/c1-8-14-12(17-16-8)9-3-2-4-10(7-9)15-11(18)5-6-13;/h2-4,7H,5-6,13H2,1H3,(H,15,18)(H,14,16,17);1H. The smallest absolute Gasteiger partial charge is 0.225 e. The Hall–Kier alpha value is -1.92. The van der Waals surface area contributed by atoms with Gasteiger partial charge in [-0.05, 0) is 19.1 Å². The quantitative estimate of drug-likeness (QED) is 0.791. The summed E-state index contributed by atoms with van der Waals surface area (Å²) in [7, 11) is 0. The molecule has 0 aliphatic rings. The average Bonchev–Trinajstić information content (AvgIpc) is 2.76. The summed E-state index contributed by atoms with van der Waals surface area (Å²) in [6, 6.07) is 7.38. The molecule has 0 unspecified atom stereocenters. The number of nitrogens with one attached hydrogen (secondary N) is 2. The van der Waals surface area contributed by atoms with Crippen molar-refractivity contribution in [3.8, 4) is 11.4 Å². The third kappa shape index (κ3) is 4.04. The first kappa shape index (κ1) is 15.1. The summed E-state index contributed by atoms with van der Waals surface area (Å²) in [5.74, 6) is 1.27. The van der Waals surface area contributed by atoms with E-state index < -0.39 is 0 Å². The number of carbonyl (C=O) groups is 1. The van der Waals surface area contributed by atoms with Gasteiger partial charge < -0.3 is 11.1 Å². The largest absolute Gasteiger partial charge is 0.330 e. The van der Waals surface area contributed by atoms with Gasteiger partial charge in [-0.25, -0.2) is 4.98 Å². The van der Waals surface area contributed by atoms with Crippen molar-refractivity contribution in [1.29, 1.82) is 0 Å². The number of hydrogen-bond acceptors (Lipinski definition) is 4. The summed E-state index contributed by atoms with van der Waals surface area (Å²) in [5.41, 5.74) is 6.89. The number of amides is 1. The highest BCUT2D eigenvalue weighted by Gasteiger charge is 2.06. The zero-order valence-electron chi connectivity index (χ0n) is 10.5. The van der Waals surface area contributed by atoms with Gasteiger partial charge in [-0.2, -0.15) is 5.10 Å².